The van der Waals surface area contributed by atoms with Crippen molar-refractivity contribution in [3.05, 3.63) is 40.4 Å². The first-order valence-corrected chi connectivity index (χ1v) is 8.51. The summed E-state index contributed by atoms with van der Waals surface area (Å²) in [5.74, 6) is 1.10. The zero-order valence-electron chi connectivity index (χ0n) is 14.6. The number of aryl methyl sites for hydroxylation is 2. The van der Waals surface area contributed by atoms with Gasteiger partial charge >= 0.3 is 5.63 Å². The van der Waals surface area contributed by atoms with Gasteiger partial charge in [-0.15, -0.1) is 0 Å². The van der Waals surface area contributed by atoms with Gasteiger partial charge in [0, 0.05) is 12.8 Å². The minimum atomic E-state index is -0.344. The SMILES string of the molecule is CCOc1ccc(-c2cn(CCCCC(=O)CC)oc2=O)cc1C. The van der Waals surface area contributed by atoms with Gasteiger partial charge in [-0.3, -0.25) is 4.79 Å². The average molecular weight is 331 g/mol. The number of ether oxygens (including phenoxy) is 1. The minimum absolute atomic E-state index is 0.273. The van der Waals surface area contributed by atoms with Crippen LogP contribution in [0, 0.1) is 6.92 Å². The minimum Gasteiger partial charge on any atom is -0.494 e. The molecule has 0 fully saturated rings. The predicted octanol–water partition coefficient (Wildman–Crippen LogP) is 3.96. The second kappa shape index (κ2) is 8.52. The van der Waals surface area contributed by atoms with E-state index in [2.05, 4.69) is 0 Å². The highest BCUT2D eigenvalue weighted by Gasteiger charge is 2.11. The fourth-order valence-corrected chi connectivity index (χ4v) is 2.58. The fraction of sp³-hybridized carbons (Fsp3) is 0.474. The number of carbonyl (C=O) groups excluding carboxylic acids is 1. The molecule has 1 aromatic heterocycles. The maximum absolute atomic E-state index is 12.1. The Morgan fingerprint density at radius 3 is 2.71 bits per heavy atom. The summed E-state index contributed by atoms with van der Waals surface area (Å²) >= 11 is 0. The molecule has 2 aromatic rings. The Kier molecular flexibility index (Phi) is 6.41. The summed E-state index contributed by atoms with van der Waals surface area (Å²) in [7, 11) is 0. The Hall–Kier alpha value is -2.30. The summed E-state index contributed by atoms with van der Waals surface area (Å²) in [6, 6.07) is 5.68. The quantitative estimate of drug-likeness (QED) is 0.652. The maximum atomic E-state index is 12.1. The lowest BCUT2D eigenvalue weighted by atomic mass is 10.1. The number of ketones is 1. The fourth-order valence-electron chi connectivity index (χ4n) is 2.58. The van der Waals surface area contributed by atoms with Gasteiger partial charge in [0.05, 0.1) is 24.9 Å². The molecule has 1 aromatic carbocycles. The number of aromatic nitrogens is 1. The van der Waals surface area contributed by atoms with E-state index < -0.39 is 0 Å². The van der Waals surface area contributed by atoms with Crippen molar-refractivity contribution in [2.75, 3.05) is 6.61 Å². The van der Waals surface area contributed by atoms with Crippen molar-refractivity contribution < 1.29 is 14.1 Å². The lowest BCUT2D eigenvalue weighted by Crippen LogP contribution is -2.00. The smallest absolute Gasteiger partial charge is 0.365 e. The van der Waals surface area contributed by atoms with Gasteiger partial charge in [0.15, 0.2) is 0 Å². The molecule has 0 saturated carbocycles. The van der Waals surface area contributed by atoms with Crippen LogP contribution in [-0.4, -0.2) is 17.1 Å². The third-order valence-electron chi connectivity index (χ3n) is 3.96. The molecule has 2 rings (SSSR count). The van der Waals surface area contributed by atoms with E-state index in [1.807, 2.05) is 39.0 Å². The zero-order valence-corrected chi connectivity index (χ0v) is 14.6. The van der Waals surface area contributed by atoms with Crippen LogP contribution in [0.3, 0.4) is 0 Å². The number of unbranched alkanes of at least 4 members (excludes halogenated alkanes) is 1. The van der Waals surface area contributed by atoms with E-state index in [1.54, 1.807) is 10.9 Å². The van der Waals surface area contributed by atoms with Crippen LogP contribution in [0.15, 0.2) is 33.7 Å². The molecule has 0 bridgehead atoms. The highest BCUT2D eigenvalue weighted by Crippen LogP contribution is 2.24. The summed E-state index contributed by atoms with van der Waals surface area (Å²) < 4.78 is 12.3. The largest absolute Gasteiger partial charge is 0.494 e. The molecular formula is C19H25NO4. The van der Waals surface area contributed by atoms with Gasteiger partial charge in [0.25, 0.3) is 0 Å². The molecule has 24 heavy (non-hydrogen) atoms. The molecule has 0 atom stereocenters. The summed E-state index contributed by atoms with van der Waals surface area (Å²) in [5, 5.41) is 0. The number of hydrogen-bond acceptors (Lipinski definition) is 4. The van der Waals surface area contributed by atoms with E-state index in [0.29, 0.717) is 31.6 Å². The maximum Gasteiger partial charge on any atom is 0.365 e. The van der Waals surface area contributed by atoms with Gasteiger partial charge in [0.1, 0.15) is 11.5 Å². The molecule has 5 heteroatoms. The monoisotopic (exact) mass is 331 g/mol. The normalized spacial score (nSPS) is 10.8. The Morgan fingerprint density at radius 1 is 1.25 bits per heavy atom. The molecule has 0 unspecified atom stereocenters. The first kappa shape index (κ1) is 18.0. The third kappa shape index (κ3) is 4.60. The van der Waals surface area contributed by atoms with Gasteiger partial charge in [-0.25, -0.2) is 9.53 Å². The molecule has 0 aliphatic rings. The molecule has 0 aliphatic heterocycles. The summed E-state index contributed by atoms with van der Waals surface area (Å²) in [6.45, 7) is 6.98. The van der Waals surface area contributed by atoms with Crippen molar-refractivity contribution >= 4 is 5.78 Å². The highest BCUT2D eigenvalue weighted by molar-refractivity contribution is 5.77. The Morgan fingerprint density at radius 2 is 2.04 bits per heavy atom. The van der Waals surface area contributed by atoms with Crippen LogP contribution >= 0.6 is 0 Å². The van der Waals surface area contributed by atoms with Crippen molar-refractivity contribution in [3.8, 4) is 16.9 Å². The standard InChI is InChI=1S/C19H25NO4/c1-4-16(21)8-6-7-11-20-13-17(19(22)24-20)15-9-10-18(23-5-2)14(3)12-15/h9-10,12-13H,4-8,11H2,1-3H3. The van der Waals surface area contributed by atoms with E-state index in [1.165, 1.54) is 0 Å². The Bertz CT molecular complexity index is 742. The highest BCUT2D eigenvalue weighted by atomic mass is 16.5. The van der Waals surface area contributed by atoms with Crippen molar-refractivity contribution in [2.24, 2.45) is 0 Å². The predicted molar refractivity (Wildman–Crippen MR) is 93.5 cm³/mol. The van der Waals surface area contributed by atoms with Crippen LogP contribution in [0.2, 0.25) is 0 Å². The Balaban J connectivity index is 2.04. The second-order valence-corrected chi connectivity index (χ2v) is 5.82. The van der Waals surface area contributed by atoms with Crippen LogP contribution in [0.5, 0.6) is 5.75 Å². The van der Waals surface area contributed by atoms with Gasteiger partial charge in [-0.1, -0.05) is 13.0 Å². The van der Waals surface area contributed by atoms with Crippen LogP contribution in [-0.2, 0) is 11.3 Å². The zero-order chi connectivity index (χ0) is 17.5. The number of nitrogens with zero attached hydrogens (tertiary/aromatic N) is 1. The molecule has 1 heterocycles. The summed E-state index contributed by atoms with van der Waals surface area (Å²) in [6.07, 6.45) is 4.53. The molecular weight excluding hydrogens is 306 g/mol. The number of Topliss-reactive ketones (excluding diaryl/α,β-unsaturated/α-hetero) is 1. The lowest BCUT2D eigenvalue weighted by molar-refractivity contribution is -0.118. The molecule has 0 N–H and O–H groups in total. The summed E-state index contributed by atoms with van der Waals surface area (Å²) in [4.78, 5) is 23.4. The molecule has 0 amide bonds. The van der Waals surface area contributed by atoms with Gasteiger partial charge in [-0.05, 0) is 49.9 Å². The molecule has 0 aliphatic carbocycles. The topological polar surface area (TPSA) is 61.4 Å². The van der Waals surface area contributed by atoms with Crippen molar-refractivity contribution in [3.63, 3.8) is 0 Å². The summed E-state index contributed by atoms with van der Waals surface area (Å²) in [5.41, 5.74) is 2.01. The molecule has 5 nitrogen and oxygen atoms in total. The van der Waals surface area contributed by atoms with Crippen LogP contribution in [0.1, 0.15) is 45.1 Å². The van der Waals surface area contributed by atoms with E-state index in [9.17, 15) is 9.59 Å². The Labute approximate surface area is 142 Å². The molecule has 0 spiro atoms. The van der Waals surface area contributed by atoms with Crippen LogP contribution < -0.4 is 10.4 Å². The van der Waals surface area contributed by atoms with Gasteiger partial charge in [0.2, 0.25) is 0 Å². The van der Waals surface area contributed by atoms with Gasteiger partial charge < -0.3 is 9.26 Å². The lowest BCUT2D eigenvalue weighted by Gasteiger charge is -2.07. The van der Waals surface area contributed by atoms with E-state index >= 15 is 0 Å². The van der Waals surface area contributed by atoms with Crippen molar-refractivity contribution in [2.45, 2.75) is 53.0 Å². The number of hydrogen-bond donors (Lipinski definition) is 0. The molecule has 0 saturated heterocycles. The number of rotatable bonds is 9. The van der Waals surface area contributed by atoms with E-state index in [0.717, 1.165) is 29.7 Å². The second-order valence-electron chi connectivity index (χ2n) is 5.82. The molecule has 130 valence electrons. The number of carbonyl (C=O) groups is 1. The van der Waals surface area contributed by atoms with E-state index in [4.69, 9.17) is 9.26 Å². The van der Waals surface area contributed by atoms with Crippen molar-refractivity contribution in [1.82, 2.24) is 4.74 Å². The van der Waals surface area contributed by atoms with Crippen LogP contribution in [0.25, 0.3) is 11.1 Å². The first-order valence-electron chi connectivity index (χ1n) is 8.51. The van der Waals surface area contributed by atoms with Crippen molar-refractivity contribution in [1.29, 1.82) is 0 Å². The average Bonchev–Trinajstić information content (AvgIpc) is 2.94. The van der Waals surface area contributed by atoms with Gasteiger partial charge in [-0.2, -0.15) is 0 Å². The van der Waals surface area contributed by atoms with E-state index in [-0.39, 0.29) is 11.4 Å². The van der Waals surface area contributed by atoms with Crippen LogP contribution in [0.4, 0.5) is 0 Å². The molecule has 0 radical (unpaired) electrons. The first-order chi connectivity index (χ1) is 11.5. The number of benzene rings is 1. The third-order valence-corrected chi connectivity index (χ3v) is 3.96.